The zero-order valence-corrected chi connectivity index (χ0v) is 27.8. The molecule has 4 N–H and O–H groups in total. The first kappa shape index (κ1) is 33.7. The van der Waals surface area contributed by atoms with Crippen LogP contribution in [0, 0.1) is 11.8 Å². The third kappa shape index (κ3) is 7.52. The van der Waals surface area contributed by atoms with Crippen molar-refractivity contribution in [3.8, 4) is 5.75 Å². The molecule has 260 valence electrons. The van der Waals surface area contributed by atoms with Crippen LogP contribution in [0.2, 0.25) is 0 Å². The van der Waals surface area contributed by atoms with E-state index in [4.69, 9.17) is 19.3 Å². The molecule has 1 aliphatic heterocycles. The lowest BCUT2D eigenvalue weighted by atomic mass is 9.91. The number of phenolic OH excluding ortho intramolecular Hbond substituents is 1. The number of para-hydroxylation sites is 1. The Kier molecular flexibility index (Phi) is 9.85. The van der Waals surface area contributed by atoms with Gasteiger partial charge in [-0.05, 0) is 85.2 Å². The summed E-state index contributed by atoms with van der Waals surface area (Å²) in [5.41, 5.74) is 3.75. The first-order valence-corrected chi connectivity index (χ1v) is 17.4. The molecule has 3 aromatic rings. The topological polar surface area (TPSA) is 143 Å². The van der Waals surface area contributed by atoms with E-state index in [0.717, 1.165) is 42.4 Å². The zero-order valence-electron chi connectivity index (χ0n) is 27.8. The predicted octanol–water partition coefficient (Wildman–Crippen LogP) is 4.84. The van der Waals surface area contributed by atoms with Crippen molar-refractivity contribution < 1.29 is 38.8 Å². The molecule has 50 heavy (non-hydrogen) atoms. The Morgan fingerprint density at radius 1 is 0.880 bits per heavy atom. The van der Waals surface area contributed by atoms with E-state index in [0.29, 0.717) is 35.0 Å². The fourth-order valence-corrected chi connectivity index (χ4v) is 6.90. The lowest BCUT2D eigenvalue weighted by molar-refractivity contribution is -0.209. The van der Waals surface area contributed by atoms with Crippen LogP contribution in [-0.2, 0) is 32.0 Å². The number of allylic oxidation sites excluding steroid dienone is 1. The summed E-state index contributed by atoms with van der Waals surface area (Å²) in [5.74, 6) is -0.961. The minimum absolute atomic E-state index is 0.154. The molecule has 10 nitrogen and oxygen atoms in total. The predicted molar refractivity (Wildman–Crippen MR) is 185 cm³/mol. The molecule has 2 amide bonds. The number of esters is 1. The van der Waals surface area contributed by atoms with Crippen LogP contribution < -0.4 is 10.6 Å². The summed E-state index contributed by atoms with van der Waals surface area (Å²) in [6.45, 7) is 0.189. The molecule has 0 aromatic heterocycles. The number of rotatable bonds is 13. The van der Waals surface area contributed by atoms with Crippen molar-refractivity contribution in [2.24, 2.45) is 11.8 Å². The lowest BCUT2D eigenvalue weighted by Gasteiger charge is -2.31. The number of aliphatic hydroxyl groups excluding tert-OH is 1. The molecule has 3 atom stereocenters. The molecule has 1 saturated heterocycles. The fourth-order valence-electron chi connectivity index (χ4n) is 6.90. The number of benzene rings is 3. The van der Waals surface area contributed by atoms with Crippen LogP contribution >= 0.6 is 0 Å². The van der Waals surface area contributed by atoms with E-state index < -0.39 is 30.1 Å². The number of hydrogen-bond acceptors (Lipinski definition) is 8. The normalized spacial score (nSPS) is 22.4. The Balaban J connectivity index is 1.03. The first-order valence-electron chi connectivity index (χ1n) is 17.4. The maximum atomic E-state index is 13.6. The highest BCUT2D eigenvalue weighted by Crippen LogP contribution is 2.59. The van der Waals surface area contributed by atoms with Gasteiger partial charge in [0.2, 0.25) is 5.91 Å². The molecule has 3 fully saturated rings. The Labute approximate surface area is 291 Å². The minimum atomic E-state index is -0.728. The van der Waals surface area contributed by atoms with Gasteiger partial charge in [-0.3, -0.25) is 9.59 Å². The van der Waals surface area contributed by atoms with Crippen LogP contribution in [0.25, 0.3) is 6.08 Å². The number of aliphatic hydroxyl groups is 1. The number of fused-ring (bicyclic) bond motifs is 1. The number of aromatic hydroxyl groups is 1. The van der Waals surface area contributed by atoms with E-state index in [9.17, 15) is 19.5 Å². The van der Waals surface area contributed by atoms with E-state index in [1.54, 1.807) is 42.5 Å². The Hall–Kier alpha value is -4.77. The van der Waals surface area contributed by atoms with Crippen molar-refractivity contribution in [3.63, 3.8) is 0 Å². The third-order valence-electron chi connectivity index (χ3n) is 9.79. The van der Waals surface area contributed by atoms with Gasteiger partial charge in [-0.2, -0.15) is 0 Å². The molecule has 10 heteroatoms. The van der Waals surface area contributed by atoms with Gasteiger partial charge in [-0.1, -0.05) is 54.6 Å². The van der Waals surface area contributed by atoms with Crippen molar-refractivity contribution in [1.82, 2.24) is 10.6 Å². The maximum Gasteiger partial charge on any atom is 0.338 e. The van der Waals surface area contributed by atoms with E-state index in [2.05, 4.69) is 10.6 Å². The molecular weight excluding hydrogens is 636 g/mol. The van der Waals surface area contributed by atoms with Gasteiger partial charge >= 0.3 is 5.97 Å². The highest BCUT2D eigenvalue weighted by atomic mass is 16.8. The van der Waals surface area contributed by atoms with Gasteiger partial charge in [0, 0.05) is 42.5 Å². The van der Waals surface area contributed by atoms with Gasteiger partial charge < -0.3 is 35.1 Å². The van der Waals surface area contributed by atoms with E-state index in [-0.39, 0.29) is 43.7 Å². The Morgan fingerprint density at radius 3 is 2.36 bits per heavy atom. The number of ether oxygens (including phenoxy) is 3. The molecule has 3 aliphatic carbocycles. The van der Waals surface area contributed by atoms with Crippen molar-refractivity contribution in [1.29, 1.82) is 0 Å². The summed E-state index contributed by atoms with van der Waals surface area (Å²) in [6, 6.07) is 21.3. The number of amides is 2. The van der Waals surface area contributed by atoms with E-state index >= 15 is 0 Å². The van der Waals surface area contributed by atoms with Crippen molar-refractivity contribution in [3.05, 3.63) is 118 Å². The summed E-state index contributed by atoms with van der Waals surface area (Å²) in [6.07, 6.45) is 8.80. The highest BCUT2D eigenvalue weighted by Gasteiger charge is 2.64. The molecule has 0 spiro atoms. The Morgan fingerprint density at radius 2 is 1.64 bits per heavy atom. The first-order chi connectivity index (χ1) is 24.3. The monoisotopic (exact) mass is 678 g/mol. The summed E-state index contributed by atoms with van der Waals surface area (Å²) < 4.78 is 19.5. The van der Waals surface area contributed by atoms with Gasteiger partial charge in [0.25, 0.3) is 5.91 Å². The number of carbonyl (C=O) groups excluding carboxylic acids is 3. The fraction of sp³-hybridized carbons (Fsp3) is 0.375. The number of hydrogen-bond donors (Lipinski definition) is 4. The molecule has 2 saturated carbocycles. The molecule has 0 unspecified atom stereocenters. The van der Waals surface area contributed by atoms with Crippen molar-refractivity contribution in [2.45, 2.75) is 69.2 Å². The smallest absolute Gasteiger partial charge is 0.338 e. The van der Waals surface area contributed by atoms with Crippen LogP contribution in [0.1, 0.15) is 69.5 Å². The van der Waals surface area contributed by atoms with Crippen LogP contribution in [0.4, 0.5) is 0 Å². The maximum absolute atomic E-state index is 13.6. The van der Waals surface area contributed by atoms with Crippen LogP contribution in [0.5, 0.6) is 5.75 Å². The average molecular weight is 679 g/mol. The molecule has 1 heterocycles. The molecule has 7 rings (SSSR count). The minimum Gasteiger partial charge on any atom is -0.508 e. The van der Waals surface area contributed by atoms with Gasteiger partial charge in [0.15, 0.2) is 5.79 Å². The van der Waals surface area contributed by atoms with Crippen molar-refractivity contribution >= 4 is 23.9 Å². The lowest BCUT2D eigenvalue weighted by Crippen LogP contribution is -2.44. The Bertz CT molecular complexity index is 1780. The summed E-state index contributed by atoms with van der Waals surface area (Å²) >= 11 is 0. The average Bonchev–Trinajstić information content (AvgIpc) is 4.08. The summed E-state index contributed by atoms with van der Waals surface area (Å²) in [7, 11) is 0. The number of nitrogens with one attached hydrogen (secondary N) is 2. The number of carbonyl (C=O) groups is 3. The molecule has 0 bridgehead atoms. The molecule has 4 aliphatic rings. The quantitative estimate of drug-likeness (QED) is 0.188. The second kappa shape index (κ2) is 14.6. The van der Waals surface area contributed by atoms with Crippen LogP contribution in [0.15, 0.2) is 90.5 Å². The second-order valence-corrected chi connectivity index (χ2v) is 13.5. The SMILES string of the molecule is O=C(NCc1cccc(C(=O)NCCO)c1)C1=C[C@H]2OC(C3CC3)(C3CC3)O[C@H]2[C@H](OC(=O)c2ccc(C=CCc3ccccc3O)cc2)C1. The van der Waals surface area contributed by atoms with Crippen LogP contribution in [-0.4, -0.2) is 65.2 Å². The molecule has 3 aromatic carbocycles. The van der Waals surface area contributed by atoms with Crippen molar-refractivity contribution in [2.75, 3.05) is 13.2 Å². The van der Waals surface area contributed by atoms with E-state index in [1.807, 2.05) is 48.6 Å². The largest absolute Gasteiger partial charge is 0.508 e. The highest BCUT2D eigenvalue weighted by molar-refractivity contribution is 5.95. The second-order valence-electron chi connectivity index (χ2n) is 13.5. The van der Waals surface area contributed by atoms with Gasteiger partial charge in [0.1, 0.15) is 24.1 Å². The molecule has 0 radical (unpaired) electrons. The van der Waals surface area contributed by atoms with Gasteiger partial charge in [0.05, 0.1) is 12.2 Å². The zero-order chi connectivity index (χ0) is 34.7. The standard InChI is InChI=1S/C40H42N2O8/c43-20-19-41-37(45)29-9-4-6-26(21-29)24-42-38(46)30-22-34(36-35(23-30)49-40(50-36,31-15-16-31)32-17-18-32)48-39(47)28-13-11-25(12-14-28)5-3-8-27-7-1-2-10-33(27)44/h1-7,9-14,21,23,31-32,34-36,43-44H,8,15-20,22,24H2,(H,41,45)(H,42,46)/t34-,35-,36+/m1/s1. The van der Waals surface area contributed by atoms with Gasteiger partial charge in [-0.15, -0.1) is 0 Å². The van der Waals surface area contributed by atoms with Crippen LogP contribution in [0.3, 0.4) is 0 Å². The summed E-state index contributed by atoms with van der Waals surface area (Å²) in [4.78, 5) is 39.4. The van der Waals surface area contributed by atoms with Gasteiger partial charge in [-0.25, -0.2) is 4.79 Å². The van der Waals surface area contributed by atoms with E-state index in [1.165, 1.54) is 0 Å². The summed E-state index contributed by atoms with van der Waals surface area (Å²) in [5, 5.41) is 24.6. The molecular formula is C40H42N2O8. The third-order valence-corrected chi connectivity index (χ3v) is 9.79. The number of phenols is 1.